The van der Waals surface area contributed by atoms with Crippen LogP contribution in [0.15, 0.2) is 54.6 Å². The summed E-state index contributed by atoms with van der Waals surface area (Å²) in [4.78, 5) is 2.23. The molecule has 2 aromatic carbocycles. The van der Waals surface area contributed by atoms with E-state index in [0.29, 0.717) is 24.7 Å². The molecule has 1 N–H and O–H groups in total. The highest BCUT2D eigenvalue weighted by Crippen LogP contribution is 2.34. The van der Waals surface area contributed by atoms with Gasteiger partial charge in [0.05, 0.1) is 11.7 Å². The van der Waals surface area contributed by atoms with Gasteiger partial charge in [-0.1, -0.05) is 57.2 Å². The van der Waals surface area contributed by atoms with Crippen molar-refractivity contribution < 1.29 is 14.2 Å². The van der Waals surface area contributed by atoms with Gasteiger partial charge < -0.3 is 9.84 Å². The molecule has 0 aliphatic carbocycles. The second-order valence-corrected chi connectivity index (χ2v) is 8.23. The van der Waals surface area contributed by atoms with E-state index >= 15 is 0 Å². The number of ether oxygens (including phenoxy) is 1. The van der Waals surface area contributed by atoms with Gasteiger partial charge in [0.15, 0.2) is 0 Å². The molecule has 0 fully saturated rings. The average Bonchev–Trinajstić information content (AvgIpc) is 3.04. The SMILES string of the molecule is CCCN(Cc1c(-c2ccccc2)nn(C)c1Oc1cccc(F)c1)C[C@H](O)C(C)C. The van der Waals surface area contributed by atoms with Crippen molar-refractivity contribution in [2.45, 2.75) is 39.8 Å². The van der Waals surface area contributed by atoms with E-state index in [1.807, 2.05) is 51.2 Å². The number of halogens is 1. The predicted octanol–water partition coefficient (Wildman–Crippen LogP) is 5.25. The van der Waals surface area contributed by atoms with Crippen LogP contribution in [0.25, 0.3) is 11.3 Å². The van der Waals surface area contributed by atoms with Crippen LogP contribution in [0.3, 0.4) is 0 Å². The van der Waals surface area contributed by atoms with Crippen molar-refractivity contribution >= 4 is 0 Å². The van der Waals surface area contributed by atoms with Crippen LogP contribution in [0.2, 0.25) is 0 Å². The summed E-state index contributed by atoms with van der Waals surface area (Å²) >= 11 is 0. The van der Waals surface area contributed by atoms with Crippen molar-refractivity contribution in [2.24, 2.45) is 13.0 Å². The van der Waals surface area contributed by atoms with Crippen molar-refractivity contribution in [2.75, 3.05) is 13.1 Å². The number of nitrogens with zero attached hydrogens (tertiary/aromatic N) is 3. The Balaban J connectivity index is 2.01. The van der Waals surface area contributed by atoms with Crippen LogP contribution in [-0.4, -0.2) is 39.0 Å². The molecule has 166 valence electrons. The van der Waals surface area contributed by atoms with E-state index in [9.17, 15) is 9.50 Å². The molecule has 0 aliphatic rings. The monoisotopic (exact) mass is 425 g/mol. The topological polar surface area (TPSA) is 50.5 Å². The Hall–Kier alpha value is -2.70. The highest BCUT2D eigenvalue weighted by molar-refractivity contribution is 5.65. The second-order valence-electron chi connectivity index (χ2n) is 8.23. The summed E-state index contributed by atoms with van der Waals surface area (Å²) in [7, 11) is 1.83. The third-order valence-corrected chi connectivity index (χ3v) is 5.28. The summed E-state index contributed by atoms with van der Waals surface area (Å²) in [6.45, 7) is 8.14. The molecule has 0 spiro atoms. The standard InChI is InChI=1S/C25H32FN3O2/c1-5-14-29(17-23(30)18(2)3)16-22-24(19-10-7-6-8-11-19)27-28(4)25(22)31-21-13-9-12-20(26)15-21/h6-13,15,18,23,30H,5,14,16-17H2,1-4H3/t23-/m0/s1. The normalized spacial score (nSPS) is 12.5. The van der Waals surface area contributed by atoms with Gasteiger partial charge in [0.1, 0.15) is 17.3 Å². The molecule has 0 saturated carbocycles. The molecule has 1 atom stereocenters. The van der Waals surface area contributed by atoms with Crippen LogP contribution < -0.4 is 4.74 Å². The lowest BCUT2D eigenvalue weighted by molar-refractivity contribution is 0.0729. The number of aryl methyl sites for hydroxylation is 1. The fourth-order valence-corrected chi connectivity index (χ4v) is 3.54. The van der Waals surface area contributed by atoms with E-state index in [4.69, 9.17) is 9.84 Å². The molecule has 0 unspecified atom stereocenters. The van der Waals surface area contributed by atoms with E-state index < -0.39 is 6.10 Å². The largest absolute Gasteiger partial charge is 0.439 e. The van der Waals surface area contributed by atoms with Crippen LogP contribution in [0.4, 0.5) is 4.39 Å². The van der Waals surface area contributed by atoms with Crippen molar-refractivity contribution in [1.82, 2.24) is 14.7 Å². The third-order valence-electron chi connectivity index (χ3n) is 5.28. The fraction of sp³-hybridized carbons (Fsp3) is 0.400. The molecule has 3 aromatic rings. The number of aliphatic hydroxyl groups is 1. The Labute approximate surface area is 184 Å². The molecular weight excluding hydrogens is 393 g/mol. The minimum absolute atomic E-state index is 0.171. The zero-order valence-corrected chi connectivity index (χ0v) is 18.8. The fourth-order valence-electron chi connectivity index (χ4n) is 3.54. The summed E-state index contributed by atoms with van der Waals surface area (Å²) in [6, 6.07) is 16.1. The van der Waals surface area contributed by atoms with Gasteiger partial charge in [0.25, 0.3) is 0 Å². The quantitative estimate of drug-likeness (QED) is 0.482. The number of aliphatic hydroxyl groups excluding tert-OH is 1. The average molecular weight is 426 g/mol. The minimum Gasteiger partial charge on any atom is -0.439 e. The number of hydrogen-bond acceptors (Lipinski definition) is 4. The van der Waals surface area contributed by atoms with Crippen molar-refractivity contribution in [3.63, 3.8) is 0 Å². The number of aromatic nitrogens is 2. The van der Waals surface area contributed by atoms with E-state index in [1.54, 1.807) is 16.8 Å². The highest BCUT2D eigenvalue weighted by atomic mass is 19.1. The van der Waals surface area contributed by atoms with Gasteiger partial charge >= 0.3 is 0 Å². The van der Waals surface area contributed by atoms with Gasteiger partial charge in [0.2, 0.25) is 5.88 Å². The van der Waals surface area contributed by atoms with Crippen molar-refractivity contribution in [1.29, 1.82) is 0 Å². The van der Waals surface area contributed by atoms with Crippen molar-refractivity contribution in [3.8, 4) is 22.9 Å². The molecule has 1 heterocycles. The van der Waals surface area contributed by atoms with Crippen LogP contribution in [0.5, 0.6) is 11.6 Å². The van der Waals surface area contributed by atoms with Gasteiger partial charge in [-0.3, -0.25) is 4.90 Å². The highest BCUT2D eigenvalue weighted by Gasteiger charge is 2.23. The molecule has 0 bridgehead atoms. The molecule has 0 amide bonds. The molecule has 31 heavy (non-hydrogen) atoms. The second kappa shape index (κ2) is 10.6. The van der Waals surface area contributed by atoms with Crippen LogP contribution >= 0.6 is 0 Å². The van der Waals surface area contributed by atoms with Crippen molar-refractivity contribution in [3.05, 3.63) is 66.0 Å². The molecule has 0 aliphatic heterocycles. The smallest absolute Gasteiger partial charge is 0.222 e. The number of hydrogen-bond donors (Lipinski definition) is 1. The maximum absolute atomic E-state index is 13.7. The van der Waals surface area contributed by atoms with E-state index in [-0.39, 0.29) is 11.7 Å². The molecular formula is C25H32FN3O2. The first kappa shape index (κ1) is 23.0. The Morgan fingerprint density at radius 2 is 1.87 bits per heavy atom. The van der Waals surface area contributed by atoms with Gasteiger partial charge in [-0.25, -0.2) is 9.07 Å². The molecule has 1 aromatic heterocycles. The lowest BCUT2D eigenvalue weighted by atomic mass is 10.0. The van der Waals surface area contributed by atoms with E-state index in [1.165, 1.54) is 12.1 Å². The van der Waals surface area contributed by atoms with Crippen LogP contribution in [0, 0.1) is 11.7 Å². The van der Waals surface area contributed by atoms with Gasteiger partial charge in [0, 0.05) is 31.8 Å². The van der Waals surface area contributed by atoms with Gasteiger partial charge in [-0.2, -0.15) is 5.10 Å². The van der Waals surface area contributed by atoms with Crippen LogP contribution in [-0.2, 0) is 13.6 Å². The summed E-state index contributed by atoms with van der Waals surface area (Å²) in [5.74, 6) is 0.819. The lowest BCUT2D eigenvalue weighted by Gasteiger charge is -2.26. The first-order valence-electron chi connectivity index (χ1n) is 10.8. The summed E-state index contributed by atoms with van der Waals surface area (Å²) in [5.41, 5.74) is 2.74. The zero-order chi connectivity index (χ0) is 22.4. The Morgan fingerprint density at radius 1 is 1.13 bits per heavy atom. The maximum Gasteiger partial charge on any atom is 0.222 e. The maximum atomic E-state index is 13.7. The minimum atomic E-state index is -0.420. The Bertz CT molecular complexity index is 972. The van der Waals surface area contributed by atoms with Gasteiger partial charge in [-0.05, 0) is 31.0 Å². The number of benzene rings is 2. The summed E-state index contributed by atoms with van der Waals surface area (Å²) in [6.07, 6.45) is 0.544. The molecule has 0 radical (unpaired) electrons. The predicted molar refractivity (Wildman–Crippen MR) is 122 cm³/mol. The van der Waals surface area contributed by atoms with Crippen LogP contribution in [0.1, 0.15) is 32.8 Å². The Kier molecular flexibility index (Phi) is 7.82. The number of rotatable bonds is 10. The first-order chi connectivity index (χ1) is 14.9. The van der Waals surface area contributed by atoms with E-state index in [2.05, 4.69) is 11.8 Å². The molecule has 3 rings (SSSR count). The molecule has 5 nitrogen and oxygen atoms in total. The zero-order valence-electron chi connectivity index (χ0n) is 18.8. The summed E-state index contributed by atoms with van der Waals surface area (Å²) < 4.78 is 21.6. The summed E-state index contributed by atoms with van der Waals surface area (Å²) in [5, 5.41) is 15.2. The molecule has 6 heteroatoms. The Morgan fingerprint density at radius 3 is 2.52 bits per heavy atom. The lowest BCUT2D eigenvalue weighted by Crippen LogP contribution is -2.35. The van der Waals surface area contributed by atoms with E-state index in [0.717, 1.165) is 29.8 Å². The first-order valence-corrected chi connectivity index (χ1v) is 10.8. The third kappa shape index (κ3) is 5.93. The van der Waals surface area contributed by atoms with Gasteiger partial charge in [-0.15, -0.1) is 0 Å². The molecule has 0 saturated heterocycles.